The summed E-state index contributed by atoms with van der Waals surface area (Å²) in [5.41, 5.74) is 6.86. The average Bonchev–Trinajstić information content (AvgIpc) is 2.43. The fourth-order valence-electron chi connectivity index (χ4n) is 2.02. The van der Waals surface area contributed by atoms with Gasteiger partial charge in [-0.1, -0.05) is 12.1 Å². The molecule has 0 bridgehead atoms. The monoisotopic (exact) mass is 263 g/mol. The van der Waals surface area contributed by atoms with Crippen LogP contribution in [0.15, 0.2) is 24.3 Å². The number of rotatable bonds is 4. The van der Waals surface area contributed by atoms with Crippen LogP contribution in [-0.4, -0.2) is 38.1 Å². The van der Waals surface area contributed by atoms with Gasteiger partial charge in [0.25, 0.3) is 0 Å². The first-order chi connectivity index (χ1) is 9.15. The molecule has 102 valence electrons. The Morgan fingerprint density at radius 3 is 2.95 bits per heavy atom. The topological polar surface area (TPSA) is 84.7 Å². The van der Waals surface area contributed by atoms with Gasteiger partial charge in [-0.25, -0.2) is 0 Å². The lowest BCUT2D eigenvalue weighted by Crippen LogP contribution is -2.44. The Morgan fingerprint density at radius 2 is 2.26 bits per heavy atom. The fourth-order valence-corrected chi connectivity index (χ4v) is 2.02. The van der Waals surface area contributed by atoms with Gasteiger partial charge in [0.2, 0.25) is 11.8 Å². The van der Waals surface area contributed by atoms with Gasteiger partial charge in [-0.05, 0) is 12.1 Å². The highest BCUT2D eigenvalue weighted by molar-refractivity contribution is 6.09. The zero-order valence-corrected chi connectivity index (χ0v) is 10.8. The van der Waals surface area contributed by atoms with Crippen LogP contribution in [0.2, 0.25) is 0 Å². The van der Waals surface area contributed by atoms with Gasteiger partial charge >= 0.3 is 0 Å². The number of anilines is 2. The normalized spacial score (nSPS) is 15.7. The summed E-state index contributed by atoms with van der Waals surface area (Å²) in [6.45, 7) is 0.292. The second-order valence-corrected chi connectivity index (χ2v) is 4.34. The maximum Gasteiger partial charge on any atom is 0.244 e. The van der Waals surface area contributed by atoms with Crippen LogP contribution < -0.4 is 16.0 Å². The summed E-state index contributed by atoms with van der Waals surface area (Å²) in [5.74, 6) is -0.367. The molecule has 0 fully saturated rings. The number of benzene rings is 1. The van der Waals surface area contributed by atoms with Crippen molar-refractivity contribution < 1.29 is 14.3 Å². The molecule has 0 saturated heterocycles. The molecule has 19 heavy (non-hydrogen) atoms. The summed E-state index contributed by atoms with van der Waals surface area (Å²) in [7, 11) is 1.52. The SMILES string of the molecule is COC(CN)CC(=O)N1CC(=O)Nc2ccccc21. The van der Waals surface area contributed by atoms with E-state index in [0.717, 1.165) is 0 Å². The second kappa shape index (κ2) is 5.81. The Hall–Kier alpha value is -1.92. The molecule has 1 heterocycles. The van der Waals surface area contributed by atoms with Crippen molar-refractivity contribution in [1.29, 1.82) is 0 Å². The molecule has 2 rings (SSSR count). The van der Waals surface area contributed by atoms with E-state index in [4.69, 9.17) is 10.5 Å². The van der Waals surface area contributed by atoms with Gasteiger partial charge in [-0.15, -0.1) is 0 Å². The van der Waals surface area contributed by atoms with E-state index in [-0.39, 0.29) is 37.4 Å². The highest BCUT2D eigenvalue weighted by Gasteiger charge is 2.27. The van der Waals surface area contributed by atoms with Gasteiger partial charge < -0.3 is 20.7 Å². The van der Waals surface area contributed by atoms with Gasteiger partial charge in [-0.2, -0.15) is 0 Å². The zero-order valence-electron chi connectivity index (χ0n) is 10.8. The van der Waals surface area contributed by atoms with E-state index in [1.807, 2.05) is 12.1 Å². The minimum atomic E-state index is -0.329. The summed E-state index contributed by atoms with van der Waals surface area (Å²) >= 11 is 0. The minimum Gasteiger partial charge on any atom is -0.380 e. The number of carbonyl (C=O) groups excluding carboxylic acids is 2. The number of fused-ring (bicyclic) bond motifs is 1. The Bertz CT molecular complexity index is 486. The van der Waals surface area contributed by atoms with Crippen molar-refractivity contribution in [3.63, 3.8) is 0 Å². The predicted octanol–water partition coefficient (Wildman–Crippen LogP) is 0.336. The molecule has 1 aliphatic rings. The lowest BCUT2D eigenvalue weighted by Gasteiger charge is -2.30. The number of hydrogen-bond donors (Lipinski definition) is 2. The van der Waals surface area contributed by atoms with Crippen LogP contribution in [-0.2, 0) is 14.3 Å². The van der Waals surface area contributed by atoms with Crippen molar-refractivity contribution in [2.24, 2.45) is 5.73 Å². The minimum absolute atomic E-state index is 0.0247. The smallest absolute Gasteiger partial charge is 0.244 e. The number of para-hydroxylation sites is 2. The Kier molecular flexibility index (Phi) is 4.13. The van der Waals surface area contributed by atoms with Crippen molar-refractivity contribution in [3.8, 4) is 0 Å². The van der Waals surface area contributed by atoms with E-state index >= 15 is 0 Å². The van der Waals surface area contributed by atoms with Crippen LogP contribution >= 0.6 is 0 Å². The lowest BCUT2D eigenvalue weighted by molar-refractivity contribution is -0.123. The van der Waals surface area contributed by atoms with E-state index in [9.17, 15) is 9.59 Å². The number of hydrogen-bond acceptors (Lipinski definition) is 4. The lowest BCUT2D eigenvalue weighted by atomic mass is 10.1. The summed E-state index contributed by atoms with van der Waals surface area (Å²) in [6, 6.07) is 7.21. The number of nitrogens with one attached hydrogen (secondary N) is 1. The first-order valence-corrected chi connectivity index (χ1v) is 6.07. The largest absolute Gasteiger partial charge is 0.380 e. The molecule has 0 spiro atoms. The molecule has 0 saturated carbocycles. The molecule has 6 heteroatoms. The molecule has 1 atom stereocenters. The Labute approximate surface area is 111 Å². The number of nitrogens with zero attached hydrogens (tertiary/aromatic N) is 1. The maximum absolute atomic E-state index is 12.2. The van der Waals surface area contributed by atoms with Crippen LogP contribution in [0.25, 0.3) is 0 Å². The molecule has 0 aromatic heterocycles. The Morgan fingerprint density at radius 1 is 1.53 bits per heavy atom. The van der Waals surface area contributed by atoms with E-state index in [1.165, 1.54) is 12.0 Å². The molecule has 1 aromatic rings. The third-order valence-corrected chi connectivity index (χ3v) is 3.07. The third kappa shape index (κ3) is 2.91. The van der Waals surface area contributed by atoms with Gasteiger partial charge in [0.15, 0.2) is 0 Å². The molecule has 3 N–H and O–H groups in total. The predicted molar refractivity (Wildman–Crippen MR) is 71.9 cm³/mol. The Balaban J connectivity index is 2.20. The van der Waals surface area contributed by atoms with Gasteiger partial charge in [0.1, 0.15) is 6.54 Å². The quantitative estimate of drug-likeness (QED) is 0.820. The number of methoxy groups -OCH3 is 1. The first kappa shape index (κ1) is 13.5. The van der Waals surface area contributed by atoms with Crippen molar-refractivity contribution in [2.75, 3.05) is 30.4 Å². The fraction of sp³-hybridized carbons (Fsp3) is 0.385. The number of ether oxygens (including phenoxy) is 1. The molecule has 1 unspecified atom stereocenters. The van der Waals surface area contributed by atoms with Crippen LogP contribution in [0.5, 0.6) is 0 Å². The van der Waals surface area contributed by atoms with E-state index in [0.29, 0.717) is 11.4 Å². The van der Waals surface area contributed by atoms with Gasteiger partial charge in [0, 0.05) is 13.7 Å². The van der Waals surface area contributed by atoms with E-state index in [2.05, 4.69) is 5.32 Å². The molecule has 0 aliphatic carbocycles. The van der Waals surface area contributed by atoms with Crippen molar-refractivity contribution in [2.45, 2.75) is 12.5 Å². The molecule has 1 aromatic carbocycles. The highest BCUT2D eigenvalue weighted by atomic mass is 16.5. The second-order valence-electron chi connectivity index (χ2n) is 4.34. The molecule has 0 radical (unpaired) electrons. The van der Waals surface area contributed by atoms with Crippen LogP contribution in [0.3, 0.4) is 0 Å². The van der Waals surface area contributed by atoms with E-state index < -0.39 is 0 Å². The van der Waals surface area contributed by atoms with Gasteiger partial charge in [-0.3, -0.25) is 9.59 Å². The van der Waals surface area contributed by atoms with Crippen LogP contribution in [0.4, 0.5) is 11.4 Å². The van der Waals surface area contributed by atoms with E-state index in [1.54, 1.807) is 12.1 Å². The van der Waals surface area contributed by atoms with Crippen LogP contribution in [0, 0.1) is 0 Å². The number of nitrogens with two attached hydrogens (primary N) is 1. The third-order valence-electron chi connectivity index (χ3n) is 3.07. The number of amides is 2. The first-order valence-electron chi connectivity index (χ1n) is 6.07. The molecule has 1 aliphatic heterocycles. The maximum atomic E-state index is 12.2. The molecular formula is C13H17N3O3. The standard InChI is InChI=1S/C13H17N3O3/c1-19-9(7-14)6-13(18)16-8-12(17)15-10-4-2-3-5-11(10)16/h2-5,9H,6-8,14H2,1H3,(H,15,17). The summed E-state index contributed by atoms with van der Waals surface area (Å²) in [6.07, 6.45) is -0.168. The number of carbonyl (C=O) groups is 2. The molecule has 6 nitrogen and oxygen atoms in total. The average molecular weight is 263 g/mol. The van der Waals surface area contributed by atoms with Crippen molar-refractivity contribution in [1.82, 2.24) is 0 Å². The van der Waals surface area contributed by atoms with Crippen molar-refractivity contribution in [3.05, 3.63) is 24.3 Å². The van der Waals surface area contributed by atoms with Crippen LogP contribution in [0.1, 0.15) is 6.42 Å². The zero-order chi connectivity index (χ0) is 13.8. The molecule has 2 amide bonds. The molecular weight excluding hydrogens is 246 g/mol. The summed E-state index contributed by atoms with van der Waals surface area (Å²) in [5, 5.41) is 2.74. The summed E-state index contributed by atoms with van der Waals surface area (Å²) in [4.78, 5) is 25.3. The highest BCUT2D eigenvalue weighted by Crippen LogP contribution is 2.29. The summed E-state index contributed by atoms with van der Waals surface area (Å²) < 4.78 is 5.10. The van der Waals surface area contributed by atoms with Gasteiger partial charge in [0.05, 0.1) is 23.9 Å². The van der Waals surface area contributed by atoms with Crippen molar-refractivity contribution >= 4 is 23.2 Å².